The average molecular weight is 447 g/mol. The summed E-state index contributed by atoms with van der Waals surface area (Å²) in [6, 6.07) is 25.0. The maximum absolute atomic E-state index is 13.4. The number of phenols is 2. The zero-order valence-corrected chi connectivity index (χ0v) is 17.7. The Morgan fingerprint density at radius 1 is 0.613 bits per heavy atom. The molecule has 0 saturated carbocycles. The minimum atomic E-state index is -0.935. The number of halogens is 2. The van der Waals surface area contributed by atoms with Crippen molar-refractivity contribution in [2.45, 2.75) is 5.41 Å². The second-order valence-corrected chi connectivity index (χ2v) is 8.32. The van der Waals surface area contributed by atoms with E-state index in [1.165, 1.54) is 0 Å². The monoisotopic (exact) mass is 446 g/mol. The molecule has 0 aliphatic heterocycles. The van der Waals surface area contributed by atoms with Crippen LogP contribution in [0, 0.1) is 0 Å². The van der Waals surface area contributed by atoms with E-state index in [-0.39, 0.29) is 27.3 Å². The smallest absolute Gasteiger partial charge is 0.193 e. The molecule has 4 aromatic carbocycles. The predicted molar refractivity (Wildman–Crippen MR) is 122 cm³/mol. The number of carbonyl (C=O) groups excluding carboxylic acids is 1. The summed E-state index contributed by atoms with van der Waals surface area (Å²) >= 11 is 12.7. The average Bonchev–Trinajstić information content (AvgIpc) is 2.79. The van der Waals surface area contributed by atoms with Gasteiger partial charge in [0.2, 0.25) is 0 Å². The van der Waals surface area contributed by atoms with Gasteiger partial charge in [-0.25, -0.2) is 0 Å². The molecule has 152 valence electrons. The van der Waals surface area contributed by atoms with Gasteiger partial charge in [-0.2, -0.15) is 0 Å². The van der Waals surface area contributed by atoms with Gasteiger partial charge in [-0.1, -0.05) is 83.9 Å². The fraction of sp³-hybridized carbons (Fsp3) is 0.0385. The number of rotatable bonds is 2. The fourth-order valence-corrected chi connectivity index (χ4v) is 4.94. The molecule has 4 aromatic rings. The first-order valence-corrected chi connectivity index (χ1v) is 10.4. The summed E-state index contributed by atoms with van der Waals surface area (Å²) in [6.45, 7) is 0. The third kappa shape index (κ3) is 2.78. The van der Waals surface area contributed by atoms with Crippen molar-refractivity contribution in [3.8, 4) is 11.5 Å². The minimum absolute atomic E-state index is 0.0299. The van der Waals surface area contributed by atoms with E-state index in [0.717, 1.165) is 22.3 Å². The van der Waals surface area contributed by atoms with E-state index in [9.17, 15) is 15.0 Å². The van der Waals surface area contributed by atoms with Crippen molar-refractivity contribution in [3.05, 3.63) is 128 Å². The van der Waals surface area contributed by atoms with Crippen LogP contribution in [-0.4, -0.2) is 16.0 Å². The Kier molecular flexibility index (Phi) is 4.54. The fourth-order valence-electron chi connectivity index (χ4n) is 4.58. The van der Waals surface area contributed by atoms with Crippen molar-refractivity contribution >= 4 is 29.0 Å². The number of hydrogen-bond acceptors (Lipinski definition) is 3. The summed E-state index contributed by atoms with van der Waals surface area (Å²) < 4.78 is 0. The molecule has 0 spiro atoms. The summed E-state index contributed by atoms with van der Waals surface area (Å²) in [5, 5.41) is 20.5. The molecular weight excluding hydrogens is 431 g/mol. The van der Waals surface area contributed by atoms with Crippen molar-refractivity contribution in [1.29, 1.82) is 0 Å². The number of carbonyl (C=O) groups is 1. The molecule has 0 heterocycles. The number of benzene rings is 4. The molecule has 0 atom stereocenters. The van der Waals surface area contributed by atoms with Crippen molar-refractivity contribution in [2.75, 3.05) is 0 Å². The summed E-state index contributed by atoms with van der Waals surface area (Å²) in [6.07, 6.45) is 0. The van der Waals surface area contributed by atoms with Crippen LogP contribution in [0.3, 0.4) is 0 Å². The molecule has 0 aromatic heterocycles. The van der Waals surface area contributed by atoms with Crippen LogP contribution in [0.5, 0.6) is 11.5 Å². The molecule has 2 N–H and O–H groups in total. The Morgan fingerprint density at radius 3 is 1.45 bits per heavy atom. The van der Waals surface area contributed by atoms with Crippen LogP contribution in [0.1, 0.15) is 38.2 Å². The van der Waals surface area contributed by atoms with Crippen LogP contribution >= 0.6 is 23.2 Å². The number of phenolic OH excluding ortho intramolecular Hbond substituents is 2. The van der Waals surface area contributed by atoms with E-state index in [4.69, 9.17) is 23.2 Å². The minimum Gasteiger partial charge on any atom is -0.506 e. The number of fused-ring (bicyclic) bond motifs is 2. The van der Waals surface area contributed by atoms with Gasteiger partial charge in [0.05, 0.1) is 15.5 Å². The lowest BCUT2D eigenvalue weighted by Gasteiger charge is -2.41. The second-order valence-electron chi connectivity index (χ2n) is 7.50. The zero-order valence-electron chi connectivity index (χ0n) is 16.1. The van der Waals surface area contributed by atoms with Gasteiger partial charge < -0.3 is 10.2 Å². The molecule has 0 bridgehead atoms. The molecule has 5 rings (SSSR count). The van der Waals surface area contributed by atoms with Crippen LogP contribution in [0.2, 0.25) is 10.0 Å². The van der Waals surface area contributed by atoms with Gasteiger partial charge in [0.1, 0.15) is 11.5 Å². The lowest BCUT2D eigenvalue weighted by atomic mass is 9.59. The first-order valence-electron chi connectivity index (χ1n) is 9.66. The van der Waals surface area contributed by atoms with Crippen molar-refractivity contribution < 1.29 is 15.0 Å². The molecule has 1 aliphatic carbocycles. The number of ketones is 1. The molecule has 0 amide bonds. The Labute approximate surface area is 189 Å². The quantitative estimate of drug-likeness (QED) is 0.333. The summed E-state index contributed by atoms with van der Waals surface area (Å²) in [7, 11) is 0. The van der Waals surface area contributed by atoms with Crippen LogP contribution in [0.25, 0.3) is 0 Å². The summed E-state index contributed by atoms with van der Waals surface area (Å²) in [5.74, 6) is -0.118. The summed E-state index contributed by atoms with van der Waals surface area (Å²) in [5.41, 5.74) is 3.32. The molecule has 3 nitrogen and oxygen atoms in total. The highest BCUT2D eigenvalue weighted by Gasteiger charge is 2.46. The highest BCUT2D eigenvalue weighted by Crippen LogP contribution is 2.52. The Morgan fingerprint density at radius 2 is 1.03 bits per heavy atom. The maximum atomic E-state index is 13.4. The zero-order chi connectivity index (χ0) is 21.8. The van der Waals surface area contributed by atoms with E-state index in [1.54, 1.807) is 36.4 Å². The Balaban J connectivity index is 2.00. The highest BCUT2D eigenvalue weighted by atomic mass is 35.5. The first kappa shape index (κ1) is 19.7. The molecular formula is C26H16Cl2O3. The van der Waals surface area contributed by atoms with Gasteiger partial charge >= 0.3 is 0 Å². The predicted octanol–water partition coefficient (Wildman–Crippen LogP) is 6.33. The van der Waals surface area contributed by atoms with E-state index < -0.39 is 5.41 Å². The number of aromatic hydroxyl groups is 2. The van der Waals surface area contributed by atoms with Gasteiger partial charge in [0.15, 0.2) is 5.78 Å². The molecule has 31 heavy (non-hydrogen) atoms. The van der Waals surface area contributed by atoms with Gasteiger partial charge in [-0.05, 0) is 46.5 Å². The molecule has 0 radical (unpaired) electrons. The molecule has 0 unspecified atom stereocenters. The Bertz CT molecular complexity index is 1260. The van der Waals surface area contributed by atoms with Gasteiger partial charge in [-0.15, -0.1) is 0 Å². The second kappa shape index (κ2) is 7.16. The third-order valence-corrected chi connectivity index (χ3v) is 6.52. The Hall–Kier alpha value is -3.27. The maximum Gasteiger partial charge on any atom is 0.193 e. The standard InChI is InChI=1S/C26H16Cl2O3/c27-21-13-15(9-11-23(21)29)26(16-10-12-24(30)22(28)14-16)19-7-3-1-5-17(19)25(31)18-6-2-4-8-20(18)26/h1-14,29-30H. The topological polar surface area (TPSA) is 57.5 Å². The highest BCUT2D eigenvalue weighted by molar-refractivity contribution is 6.32. The lowest BCUT2D eigenvalue weighted by molar-refractivity contribution is 0.103. The largest absolute Gasteiger partial charge is 0.506 e. The van der Waals surface area contributed by atoms with Gasteiger partial charge in [0, 0.05) is 11.1 Å². The van der Waals surface area contributed by atoms with E-state index >= 15 is 0 Å². The molecule has 5 heteroatoms. The summed E-state index contributed by atoms with van der Waals surface area (Å²) in [4.78, 5) is 13.4. The van der Waals surface area contributed by atoms with Crippen molar-refractivity contribution in [2.24, 2.45) is 0 Å². The van der Waals surface area contributed by atoms with Crippen LogP contribution < -0.4 is 0 Å². The first-order chi connectivity index (χ1) is 14.9. The normalized spacial score (nSPS) is 14.1. The molecule has 0 saturated heterocycles. The van der Waals surface area contributed by atoms with Gasteiger partial charge in [-0.3, -0.25) is 4.79 Å². The SMILES string of the molecule is O=C1c2ccccc2C(c2ccc(O)c(Cl)c2)(c2ccc(O)c(Cl)c2)c2ccccc21. The van der Waals surface area contributed by atoms with E-state index in [2.05, 4.69) is 0 Å². The van der Waals surface area contributed by atoms with E-state index in [0.29, 0.717) is 11.1 Å². The van der Waals surface area contributed by atoms with Crippen molar-refractivity contribution in [1.82, 2.24) is 0 Å². The van der Waals surface area contributed by atoms with Gasteiger partial charge in [0.25, 0.3) is 0 Å². The van der Waals surface area contributed by atoms with Crippen LogP contribution in [0.15, 0.2) is 84.9 Å². The lowest BCUT2D eigenvalue weighted by Crippen LogP contribution is -2.38. The third-order valence-electron chi connectivity index (χ3n) is 5.91. The van der Waals surface area contributed by atoms with Crippen molar-refractivity contribution in [3.63, 3.8) is 0 Å². The number of hydrogen-bond donors (Lipinski definition) is 2. The molecule has 1 aliphatic rings. The molecule has 0 fully saturated rings. The van der Waals surface area contributed by atoms with E-state index in [1.807, 2.05) is 48.5 Å². The van der Waals surface area contributed by atoms with Crippen LogP contribution in [-0.2, 0) is 5.41 Å². The van der Waals surface area contributed by atoms with Crippen LogP contribution in [0.4, 0.5) is 0 Å².